The molecule has 0 aliphatic carbocycles. The monoisotopic (exact) mass is 270 g/mol. The van der Waals surface area contributed by atoms with Crippen molar-refractivity contribution >= 4 is 12.0 Å². The number of hydrogen-bond acceptors (Lipinski definition) is 2. The number of nitrogens with one attached hydrogen (secondary N) is 1. The summed E-state index contributed by atoms with van der Waals surface area (Å²) in [6, 6.07) is -0.806. The lowest BCUT2D eigenvalue weighted by molar-refractivity contribution is -0.142. The number of piperidine rings is 1. The second-order valence-electron chi connectivity index (χ2n) is 6.62. The van der Waals surface area contributed by atoms with Gasteiger partial charge in [0.05, 0.1) is 0 Å². The van der Waals surface area contributed by atoms with Gasteiger partial charge in [0.2, 0.25) is 0 Å². The number of hydrogen-bond donors (Lipinski definition) is 2. The second kappa shape index (κ2) is 5.80. The molecule has 0 aromatic heterocycles. The first-order valence-corrected chi connectivity index (χ1v) is 6.96. The van der Waals surface area contributed by atoms with Crippen molar-refractivity contribution in [1.29, 1.82) is 0 Å². The Morgan fingerprint density at radius 1 is 1.21 bits per heavy atom. The Balaban J connectivity index is 2.79. The number of carbonyl (C=O) groups is 2. The predicted molar refractivity (Wildman–Crippen MR) is 74.0 cm³/mol. The maximum atomic E-state index is 12.3. The number of likely N-dealkylation sites (tertiary alicyclic amines) is 1. The van der Waals surface area contributed by atoms with E-state index in [1.807, 2.05) is 34.6 Å². The van der Waals surface area contributed by atoms with Crippen LogP contribution in [0.2, 0.25) is 0 Å². The quantitative estimate of drug-likeness (QED) is 0.809. The normalized spacial score (nSPS) is 25.8. The van der Waals surface area contributed by atoms with Crippen LogP contribution in [0.15, 0.2) is 0 Å². The van der Waals surface area contributed by atoms with Gasteiger partial charge in [-0.25, -0.2) is 9.59 Å². The molecule has 2 amide bonds. The summed E-state index contributed by atoms with van der Waals surface area (Å²) in [6.45, 7) is 9.48. The van der Waals surface area contributed by atoms with Crippen LogP contribution in [0.1, 0.15) is 53.9 Å². The van der Waals surface area contributed by atoms with Crippen LogP contribution in [0.5, 0.6) is 0 Å². The fourth-order valence-corrected chi connectivity index (χ4v) is 2.67. The molecule has 1 fully saturated rings. The van der Waals surface area contributed by atoms with Gasteiger partial charge in [-0.15, -0.1) is 0 Å². The van der Waals surface area contributed by atoms with E-state index in [0.717, 1.165) is 19.3 Å². The van der Waals surface area contributed by atoms with Gasteiger partial charge in [-0.3, -0.25) is 0 Å². The molecule has 2 unspecified atom stereocenters. The SMILES string of the molecule is CC1CCCC(C)N1C(=O)N[C@@H](C(=O)O)C(C)(C)C. The van der Waals surface area contributed by atoms with Crippen LogP contribution >= 0.6 is 0 Å². The maximum absolute atomic E-state index is 12.3. The predicted octanol–water partition coefficient (Wildman–Crippen LogP) is 2.46. The molecule has 1 heterocycles. The summed E-state index contributed by atoms with van der Waals surface area (Å²) < 4.78 is 0. The number of aliphatic carboxylic acids is 1. The van der Waals surface area contributed by atoms with Crippen LogP contribution in [0.4, 0.5) is 4.79 Å². The van der Waals surface area contributed by atoms with E-state index in [1.165, 1.54) is 0 Å². The molecular weight excluding hydrogens is 244 g/mol. The molecule has 1 aliphatic rings. The third-order valence-electron chi connectivity index (χ3n) is 3.81. The fraction of sp³-hybridized carbons (Fsp3) is 0.857. The average molecular weight is 270 g/mol. The summed E-state index contributed by atoms with van der Waals surface area (Å²) in [5.41, 5.74) is -0.510. The highest BCUT2D eigenvalue weighted by Gasteiger charge is 2.36. The number of amides is 2. The van der Waals surface area contributed by atoms with Crippen LogP contribution in [0, 0.1) is 5.41 Å². The van der Waals surface area contributed by atoms with Crippen molar-refractivity contribution in [1.82, 2.24) is 10.2 Å². The van der Waals surface area contributed by atoms with Crippen LogP contribution in [-0.2, 0) is 4.79 Å². The molecule has 19 heavy (non-hydrogen) atoms. The molecule has 0 saturated carbocycles. The van der Waals surface area contributed by atoms with Gasteiger partial charge in [0.25, 0.3) is 0 Å². The Morgan fingerprint density at radius 3 is 2.05 bits per heavy atom. The number of carbonyl (C=O) groups excluding carboxylic acids is 1. The van der Waals surface area contributed by atoms with Gasteiger partial charge in [0.15, 0.2) is 0 Å². The standard InChI is InChI=1S/C14H26N2O3/c1-9-7-6-8-10(2)16(9)13(19)15-11(12(17)18)14(3,4)5/h9-11H,6-8H2,1-5H3,(H,15,19)(H,17,18)/t9?,10?,11-/m0/s1. The number of carboxylic acid groups (broad SMARTS) is 1. The van der Waals surface area contributed by atoms with Crippen molar-refractivity contribution in [3.05, 3.63) is 0 Å². The Hall–Kier alpha value is -1.26. The van der Waals surface area contributed by atoms with E-state index in [1.54, 1.807) is 4.90 Å². The highest BCUT2D eigenvalue weighted by Crippen LogP contribution is 2.24. The van der Waals surface area contributed by atoms with Crippen molar-refractivity contribution in [3.63, 3.8) is 0 Å². The molecule has 5 heteroatoms. The number of rotatable bonds is 2. The molecule has 0 aromatic carbocycles. The van der Waals surface area contributed by atoms with E-state index in [4.69, 9.17) is 0 Å². The minimum Gasteiger partial charge on any atom is -0.480 e. The molecule has 1 aliphatic heterocycles. The lowest BCUT2D eigenvalue weighted by atomic mass is 9.87. The highest BCUT2D eigenvalue weighted by atomic mass is 16.4. The lowest BCUT2D eigenvalue weighted by Crippen LogP contribution is -2.58. The van der Waals surface area contributed by atoms with Gasteiger partial charge in [-0.2, -0.15) is 0 Å². The van der Waals surface area contributed by atoms with Gasteiger partial charge in [0, 0.05) is 12.1 Å². The molecule has 0 bridgehead atoms. The van der Waals surface area contributed by atoms with Crippen LogP contribution in [0.3, 0.4) is 0 Å². The van der Waals surface area contributed by atoms with E-state index in [-0.39, 0.29) is 18.1 Å². The van der Waals surface area contributed by atoms with Crippen molar-refractivity contribution in [2.75, 3.05) is 0 Å². The molecule has 0 radical (unpaired) electrons. The lowest BCUT2D eigenvalue weighted by Gasteiger charge is -2.40. The molecule has 0 spiro atoms. The Bertz CT molecular complexity index is 339. The fourth-order valence-electron chi connectivity index (χ4n) is 2.67. The summed E-state index contributed by atoms with van der Waals surface area (Å²) in [4.78, 5) is 25.4. The molecular formula is C14H26N2O3. The van der Waals surface area contributed by atoms with Gasteiger partial charge in [0.1, 0.15) is 6.04 Å². The Morgan fingerprint density at radius 2 is 1.68 bits per heavy atom. The van der Waals surface area contributed by atoms with Crippen molar-refractivity contribution in [2.45, 2.75) is 72.0 Å². The molecule has 5 nitrogen and oxygen atoms in total. The van der Waals surface area contributed by atoms with E-state index in [0.29, 0.717) is 0 Å². The first kappa shape index (κ1) is 15.8. The van der Waals surface area contributed by atoms with Crippen LogP contribution < -0.4 is 5.32 Å². The summed E-state index contributed by atoms with van der Waals surface area (Å²) in [5, 5.41) is 11.9. The summed E-state index contributed by atoms with van der Waals surface area (Å²) in [7, 11) is 0. The van der Waals surface area contributed by atoms with Gasteiger partial charge >= 0.3 is 12.0 Å². The van der Waals surface area contributed by atoms with E-state index < -0.39 is 17.4 Å². The Kier molecular flexibility index (Phi) is 4.82. The van der Waals surface area contributed by atoms with Crippen molar-refractivity contribution in [2.24, 2.45) is 5.41 Å². The zero-order valence-corrected chi connectivity index (χ0v) is 12.6. The second-order valence-corrected chi connectivity index (χ2v) is 6.62. The minimum atomic E-state index is -0.988. The van der Waals surface area contributed by atoms with Crippen molar-refractivity contribution < 1.29 is 14.7 Å². The number of carboxylic acids is 1. The average Bonchev–Trinajstić information content (AvgIpc) is 2.23. The topological polar surface area (TPSA) is 69.6 Å². The first-order chi connectivity index (χ1) is 8.64. The van der Waals surface area contributed by atoms with Gasteiger partial charge in [-0.1, -0.05) is 20.8 Å². The van der Waals surface area contributed by atoms with Gasteiger partial charge in [-0.05, 0) is 38.5 Å². The Labute approximate surface area is 115 Å². The van der Waals surface area contributed by atoms with Gasteiger partial charge < -0.3 is 15.3 Å². The van der Waals surface area contributed by atoms with Crippen molar-refractivity contribution in [3.8, 4) is 0 Å². The molecule has 0 aromatic rings. The van der Waals surface area contributed by atoms with Crippen LogP contribution in [-0.4, -0.2) is 40.1 Å². The number of urea groups is 1. The smallest absolute Gasteiger partial charge is 0.326 e. The zero-order valence-electron chi connectivity index (χ0n) is 12.6. The van der Waals surface area contributed by atoms with Crippen LogP contribution in [0.25, 0.3) is 0 Å². The minimum absolute atomic E-state index is 0.165. The van der Waals surface area contributed by atoms with E-state index >= 15 is 0 Å². The van der Waals surface area contributed by atoms with E-state index in [9.17, 15) is 14.7 Å². The summed E-state index contributed by atoms with van der Waals surface area (Å²) in [6.07, 6.45) is 3.07. The largest absolute Gasteiger partial charge is 0.480 e. The third kappa shape index (κ3) is 3.85. The summed E-state index contributed by atoms with van der Waals surface area (Å²) >= 11 is 0. The first-order valence-electron chi connectivity index (χ1n) is 6.96. The zero-order chi connectivity index (χ0) is 14.8. The maximum Gasteiger partial charge on any atom is 0.326 e. The molecule has 2 N–H and O–H groups in total. The molecule has 1 rings (SSSR count). The van der Waals surface area contributed by atoms with E-state index in [2.05, 4.69) is 5.32 Å². The molecule has 3 atom stereocenters. The molecule has 1 saturated heterocycles. The number of nitrogens with zero attached hydrogens (tertiary/aromatic N) is 1. The third-order valence-corrected chi connectivity index (χ3v) is 3.81. The summed E-state index contributed by atoms with van der Waals surface area (Å²) in [5.74, 6) is -0.988. The highest BCUT2D eigenvalue weighted by molar-refractivity contribution is 5.83. The molecule has 110 valence electrons.